The van der Waals surface area contributed by atoms with Crippen molar-refractivity contribution in [1.82, 2.24) is 5.32 Å². The number of benzene rings is 2. The molecule has 1 amide bonds. The summed E-state index contributed by atoms with van der Waals surface area (Å²) in [5, 5.41) is 13.7. The van der Waals surface area contributed by atoms with Gasteiger partial charge in [-0.15, -0.1) is 0 Å². The van der Waals surface area contributed by atoms with Crippen LogP contribution in [0.5, 0.6) is 0 Å². The van der Waals surface area contributed by atoms with Gasteiger partial charge in [-0.05, 0) is 25.0 Å². The Balaban J connectivity index is 1.65. The number of Topliss-reactive ketones (excluding diaryl/α,β-unsaturated/α-hetero) is 1. The number of methoxy groups -OCH3 is 1. The Bertz CT molecular complexity index is 1100. The predicted octanol–water partition coefficient (Wildman–Crippen LogP) is 2.04. The molecule has 10 nitrogen and oxygen atoms in total. The fourth-order valence-corrected chi connectivity index (χ4v) is 4.70. The summed E-state index contributed by atoms with van der Waals surface area (Å²) >= 11 is 0. The monoisotopic (exact) mass is 527 g/mol. The summed E-state index contributed by atoms with van der Waals surface area (Å²) < 4.78 is 28.8. The highest BCUT2D eigenvalue weighted by Crippen LogP contribution is 2.36. The molecule has 5 atom stereocenters. The second kappa shape index (κ2) is 11.3. The molecule has 0 radical (unpaired) electrons. The lowest BCUT2D eigenvalue weighted by Gasteiger charge is -2.43. The zero-order chi connectivity index (χ0) is 27.5. The molecule has 2 aliphatic rings. The fraction of sp³-hybridized carbons (Fsp3) is 0.464. The molecular formula is C28H33NO9. The van der Waals surface area contributed by atoms with Gasteiger partial charge < -0.3 is 34.1 Å². The molecule has 2 saturated heterocycles. The number of ketones is 1. The lowest BCUT2D eigenvalue weighted by Crippen LogP contribution is -2.66. The van der Waals surface area contributed by atoms with Crippen LogP contribution in [0.2, 0.25) is 0 Å². The number of esters is 1. The van der Waals surface area contributed by atoms with E-state index < -0.39 is 66.1 Å². The number of hydrogen-bond acceptors (Lipinski definition) is 9. The predicted molar refractivity (Wildman–Crippen MR) is 134 cm³/mol. The average molecular weight is 528 g/mol. The third-order valence-electron chi connectivity index (χ3n) is 6.59. The van der Waals surface area contributed by atoms with Gasteiger partial charge in [-0.3, -0.25) is 9.59 Å². The van der Waals surface area contributed by atoms with Gasteiger partial charge in [0.05, 0.1) is 13.0 Å². The minimum absolute atomic E-state index is 0.0174. The summed E-state index contributed by atoms with van der Waals surface area (Å²) in [6, 6.07) is 17.0. The molecule has 204 valence electrons. The fourth-order valence-electron chi connectivity index (χ4n) is 4.70. The van der Waals surface area contributed by atoms with Crippen molar-refractivity contribution in [3.05, 3.63) is 71.8 Å². The molecule has 0 unspecified atom stereocenters. The second-order valence-corrected chi connectivity index (χ2v) is 9.83. The van der Waals surface area contributed by atoms with E-state index in [1.54, 1.807) is 13.8 Å². The Morgan fingerprint density at radius 1 is 1.03 bits per heavy atom. The van der Waals surface area contributed by atoms with Crippen molar-refractivity contribution in [3.63, 3.8) is 0 Å². The lowest BCUT2D eigenvalue weighted by molar-refractivity contribution is -0.286. The quantitative estimate of drug-likeness (QED) is 0.496. The molecule has 0 bridgehead atoms. The standard InChI is InChI=1S/C28H33NO9/c1-17(30)29-22-20(31)15-28(34-4,38-25(22)23(32)21-16-35-27(2,3)37-21)26(33)36-24(18-11-7-5-8-12-18)19-13-9-6-10-14-19/h5-14,21-25,32H,15-16H2,1-4H3,(H,29,30)/t21-,22-,23-,25-,28+/m1/s1. The van der Waals surface area contributed by atoms with Crippen LogP contribution < -0.4 is 5.32 Å². The normalized spacial score (nSPS) is 27.6. The van der Waals surface area contributed by atoms with Crippen LogP contribution in [-0.4, -0.2) is 72.4 Å². The van der Waals surface area contributed by atoms with Crippen molar-refractivity contribution in [2.24, 2.45) is 0 Å². The molecule has 2 fully saturated rings. The Kier molecular flexibility index (Phi) is 8.29. The lowest BCUT2D eigenvalue weighted by atomic mass is 9.89. The minimum atomic E-state index is -2.17. The zero-order valence-corrected chi connectivity index (χ0v) is 21.8. The van der Waals surface area contributed by atoms with Crippen LogP contribution in [0.25, 0.3) is 0 Å². The summed E-state index contributed by atoms with van der Waals surface area (Å²) in [5.74, 6) is -5.16. The molecule has 0 saturated carbocycles. The van der Waals surface area contributed by atoms with Crippen LogP contribution in [0.3, 0.4) is 0 Å². The maximum Gasteiger partial charge on any atom is 0.368 e. The van der Waals surface area contributed by atoms with E-state index in [4.69, 9.17) is 23.7 Å². The highest BCUT2D eigenvalue weighted by molar-refractivity contribution is 5.95. The van der Waals surface area contributed by atoms with Crippen LogP contribution in [0.4, 0.5) is 0 Å². The zero-order valence-electron chi connectivity index (χ0n) is 21.8. The average Bonchev–Trinajstić information content (AvgIpc) is 3.28. The van der Waals surface area contributed by atoms with Gasteiger partial charge in [-0.2, -0.15) is 0 Å². The number of amides is 1. The van der Waals surface area contributed by atoms with Crippen molar-refractivity contribution in [3.8, 4) is 0 Å². The number of ether oxygens (including phenoxy) is 5. The number of hydrogen-bond donors (Lipinski definition) is 2. The largest absolute Gasteiger partial charge is 0.449 e. The number of rotatable bonds is 8. The third-order valence-corrected chi connectivity index (χ3v) is 6.59. The Morgan fingerprint density at radius 3 is 2.08 bits per heavy atom. The second-order valence-electron chi connectivity index (χ2n) is 9.83. The summed E-state index contributed by atoms with van der Waals surface area (Å²) in [6.45, 7) is 4.62. The molecule has 2 heterocycles. The molecule has 2 aliphatic heterocycles. The number of aliphatic hydroxyl groups excluding tert-OH is 1. The van der Waals surface area contributed by atoms with E-state index in [2.05, 4.69) is 5.32 Å². The van der Waals surface area contributed by atoms with Crippen molar-refractivity contribution in [2.45, 2.75) is 69.2 Å². The summed E-state index contributed by atoms with van der Waals surface area (Å²) in [7, 11) is 1.22. The molecule has 4 rings (SSSR count). The van der Waals surface area contributed by atoms with E-state index in [-0.39, 0.29) is 6.61 Å². The highest BCUT2D eigenvalue weighted by Gasteiger charge is 2.57. The molecule has 38 heavy (non-hydrogen) atoms. The van der Waals surface area contributed by atoms with E-state index >= 15 is 0 Å². The summed E-state index contributed by atoms with van der Waals surface area (Å²) in [6.07, 6.45) is -5.08. The first-order valence-electron chi connectivity index (χ1n) is 12.4. The van der Waals surface area contributed by atoms with Crippen molar-refractivity contribution >= 4 is 17.7 Å². The smallest absolute Gasteiger partial charge is 0.368 e. The van der Waals surface area contributed by atoms with Crippen LogP contribution >= 0.6 is 0 Å². The Morgan fingerprint density at radius 2 is 1.61 bits per heavy atom. The van der Waals surface area contributed by atoms with Crippen LogP contribution in [0.1, 0.15) is 44.4 Å². The first-order valence-corrected chi connectivity index (χ1v) is 12.4. The van der Waals surface area contributed by atoms with Gasteiger partial charge in [0.25, 0.3) is 5.79 Å². The van der Waals surface area contributed by atoms with E-state index in [0.29, 0.717) is 11.1 Å². The van der Waals surface area contributed by atoms with Crippen molar-refractivity contribution in [2.75, 3.05) is 13.7 Å². The number of aliphatic hydroxyl groups is 1. The van der Waals surface area contributed by atoms with Crippen LogP contribution in [0.15, 0.2) is 60.7 Å². The topological polar surface area (TPSA) is 130 Å². The van der Waals surface area contributed by atoms with Crippen LogP contribution in [0, 0.1) is 0 Å². The minimum Gasteiger partial charge on any atom is -0.449 e. The molecule has 0 spiro atoms. The highest BCUT2D eigenvalue weighted by atomic mass is 16.8. The molecule has 2 aromatic carbocycles. The van der Waals surface area contributed by atoms with E-state index in [1.165, 1.54) is 14.0 Å². The maximum atomic E-state index is 13.7. The van der Waals surface area contributed by atoms with E-state index in [1.807, 2.05) is 60.7 Å². The third kappa shape index (κ3) is 5.95. The molecule has 2 N–H and O–H groups in total. The Labute approximate surface area is 221 Å². The number of nitrogens with one attached hydrogen (secondary N) is 1. The molecular weight excluding hydrogens is 494 g/mol. The van der Waals surface area contributed by atoms with Crippen LogP contribution in [-0.2, 0) is 38.1 Å². The van der Waals surface area contributed by atoms with Gasteiger partial charge in [-0.1, -0.05) is 60.7 Å². The van der Waals surface area contributed by atoms with Gasteiger partial charge in [-0.25, -0.2) is 4.79 Å². The SMILES string of the molecule is CO[C@@]1(C(=O)OC(c2ccccc2)c2ccccc2)CC(=O)[C@@H](NC(C)=O)[C@H]([C@H](O)[C@H]2COC(C)(C)O2)O1. The van der Waals surface area contributed by atoms with E-state index in [9.17, 15) is 19.5 Å². The van der Waals surface area contributed by atoms with Crippen molar-refractivity contribution in [1.29, 1.82) is 0 Å². The van der Waals surface area contributed by atoms with Crippen molar-refractivity contribution < 1.29 is 43.2 Å². The number of carbonyl (C=O) groups excluding carboxylic acids is 3. The first kappa shape index (κ1) is 27.9. The molecule has 10 heteroatoms. The summed E-state index contributed by atoms with van der Waals surface area (Å²) in [4.78, 5) is 38.9. The number of carbonyl (C=O) groups is 3. The molecule has 0 aromatic heterocycles. The van der Waals surface area contributed by atoms with Gasteiger partial charge in [0.2, 0.25) is 5.91 Å². The summed E-state index contributed by atoms with van der Waals surface area (Å²) in [5.41, 5.74) is 1.40. The Hall–Kier alpha value is -3.15. The first-order chi connectivity index (χ1) is 18.0. The van der Waals surface area contributed by atoms with Gasteiger partial charge >= 0.3 is 5.97 Å². The molecule has 0 aliphatic carbocycles. The van der Waals surface area contributed by atoms with Gasteiger partial charge in [0, 0.05) is 14.0 Å². The van der Waals surface area contributed by atoms with E-state index in [0.717, 1.165) is 0 Å². The maximum absolute atomic E-state index is 13.7. The van der Waals surface area contributed by atoms with Gasteiger partial charge in [0.1, 0.15) is 24.4 Å². The van der Waals surface area contributed by atoms with Gasteiger partial charge in [0.15, 0.2) is 17.7 Å². The molecule has 2 aromatic rings.